The Morgan fingerprint density at radius 3 is 2.59 bits per heavy atom. The van der Waals surface area contributed by atoms with Crippen LogP contribution in [0.25, 0.3) is 17.2 Å². The maximum atomic E-state index is 11.5. The molecule has 0 atom stereocenters. The lowest BCUT2D eigenvalue weighted by Gasteiger charge is -2.00. The number of rotatable bonds is 2. The Labute approximate surface area is 130 Å². The minimum Gasteiger partial charge on any atom is -0.368 e. The summed E-state index contributed by atoms with van der Waals surface area (Å²) < 4.78 is 24.3. The number of halogens is 1. The van der Waals surface area contributed by atoms with Gasteiger partial charge < -0.3 is 5.73 Å². The maximum Gasteiger partial charge on any atom is 0.258 e. The molecule has 10 heteroatoms. The third kappa shape index (κ3) is 2.48. The van der Waals surface area contributed by atoms with Crippen LogP contribution in [0.4, 0.5) is 5.95 Å². The molecule has 114 valence electrons. The highest BCUT2D eigenvalue weighted by molar-refractivity contribution is 7.90. The first-order chi connectivity index (χ1) is 10.3. The molecule has 0 unspecified atom stereocenters. The van der Waals surface area contributed by atoms with Crippen molar-refractivity contribution in [3.05, 3.63) is 28.8 Å². The highest BCUT2D eigenvalue weighted by Gasteiger charge is 2.18. The van der Waals surface area contributed by atoms with E-state index in [0.29, 0.717) is 10.8 Å². The van der Waals surface area contributed by atoms with Crippen LogP contribution in [0.3, 0.4) is 0 Å². The number of benzene rings is 1. The number of nitrogens with zero attached hydrogens (tertiary/aromatic N) is 5. The number of hydrogen-bond acceptors (Lipinski definition) is 7. The summed E-state index contributed by atoms with van der Waals surface area (Å²) in [5.41, 5.74) is 7.35. The van der Waals surface area contributed by atoms with Crippen LogP contribution >= 0.6 is 11.6 Å². The quantitative estimate of drug-likeness (QED) is 0.744. The van der Waals surface area contributed by atoms with Gasteiger partial charge in [0.25, 0.3) is 10.9 Å². The number of nitrogens with two attached hydrogens (primary N) is 1. The number of hydrogen-bond donors (Lipinski definition) is 1. The maximum absolute atomic E-state index is 11.5. The highest BCUT2D eigenvalue weighted by Crippen LogP contribution is 2.24. The van der Waals surface area contributed by atoms with E-state index in [-0.39, 0.29) is 16.9 Å². The summed E-state index contributed by atoms with van der Waals surface area (Å²) in [6.07, 6.45) is 0.999. The van der Waals surface area contributed by atoms with Crippen molar-refractivity contribution in [2.24, 2.45) is 0 Å². The second-order valence-electron chi connectivity index (χ2n) is 4.74. The molecule has 0 radical (unpaired) electrons. The molecule has 0 amide bonds. The number of aryl methyl sites for hydroxylation is 1. The molecule has 0 fully saturated rings. The zero-order chi connectivity index (χ0) is 16.1. The zero-order valence-electron chi connectivity index (χ0n) is 11.6. The predicted molar refractivity (Wildman–Crippen MR) is 81.3 cm³/mol. The summed E-state index contributed by atoms with van der Waals surface area (Å²) in [7, 11) is -3.59. The van der Waals surface area contributed by atoms with Crippen LogP contribution < -0.4 is 5.73 Å². The SMILES string of the molecule is Cc1cc(Cl)ccc1-c1nc2nc(S(C)(=O)=O)nc(N)n2n1. The van der Waals surface area contributed by atoms with Crippen molar-refractivity contribution in [1.29, 1.82) is 0 Å². The third-order valence-corrected chi connectivity index (χ3v) is 4.05. The molecule has 0 saturated heterocycles. The third-order valence-electron chi connectivity index (χ3n) is 2.97. The molecule has 22 heavy (non-hydrogen) atoms. The molecule has 0 saturated carbocycles. The van der Waals surface area contributed by atoms with Crippen molar-refractivity contribution in [3.63, 3.8) is 0 Å². The van der Waals surface area contributed by atoms with Gasteiger partial charge in [0, 0.05) is 16.8 Å². The lowest BCUT2D eigenvalue weighted by atomic mass is 10.1. The van der Waals surface area contributed by atoms with Gasteiger partial charge in [0.2, 0.25) is 15.8 Å². The van der Waals surface area contributed by atoms with Gasteiger partial charge in [-0.05, 0) is 30.7 Å². The molecule has 2 N–H and O–H groups in total. The Balaban J connectivity index is 2.24. The molecule has 8 nitrogen and oxygen atoms in total. The van der Waals surface area contributed by atoms with Gasteiger partial charge in [0.15, 0.2) is 5.82 Å². The second-order valence-corrected chi connectivity index (χ2v) is 7.09. The largest absolute Gasteiger partial charge is 0.368 e. The smallest absolute Gasteiger partial charge is 0.258 e. The first-order valence-electron chi connectivity index (χ1n) is 6.12. The summed E-state index contributed by atoms with van der Waals surface area (Å²) >= 11 is 5.92. The van der Waals surface area contributed by atoms with E-state index in [2.05, 4.69) is 20.1 Å². The van der Waals surface area contributed by atoms with Gasteiger partial charge in [-0.15, -0.1) is 5.10 Å². The fraction of sp³-hybridized carbons (Fsp3) is 0.167. The number of anilines is 1. The van der Waals surface area contributed by atoms with Crippen molar-refractivity contribution < 1.29 is 8.42 Å². The lowest BCUT2D eigenvalue weighted by molar-refractivity contribution is 0.592. The molecule has 2 heterocycles. The van der Waals surface area contributed by atoms with Gasteiger partial charge in [-0.1, -0.05) is 11.6 Å². The molecule has 3 rings (SSSR count). The molecule has 1 aromatic carbocycles. The average molecular weight is 339 g/mol. The molecule has 0 aliphatic heterocycles. The van der Waals surface area contributed by atoms with Gasteiger partial charge in [-0.3, -0.25) is 0 Å². The molecule has 0 aliphatic rings. The molecular weight excluding hydrogens is 328 g/mol. The lowest BCUT2D eigenvalue weighted by Crippen LogP contribution is -2.11. The topological polar surface area (TPSA) is 116 Å². The van der Waals surface area contributed by atoms with E-state index in [0.717, 1.165) is 17.4 Å². The van der Waals surface area contributed by atoms with E-state index < -0.39 is 9.84 Å². The Hall–Kier alpha value is -2.26. The fourth-order valence-corrected chi connectivity index (χ4v) is 2.68. The fourth-order valence-electron chi connectivity index (χ4n) is 1.94. The zero-order valence-corrected chi connectivity index (χ0v) is 13.2. The summed E-state index contributed by atoms with van der Waals surface area (Å²) in [4.78, 5) is 11.8. The molecular formula is C12H11ClN6O2S. The van der Waals surface area contributed by atoms with Crippen molar-refractivity contribution in [2.45, 2.75) is 12.1 Å². The van der Waals surface area contributed by atoms with Gasteiger partial charge in [0.1, 0.15) is 0 Å². The van der Waals surface area contributed by atoms with Crippen LogP contribution in [0.5, 0.6) is 0 Å². The Kier molecular flexibility index (Phi) is 3.26. The Bertz CT molecular complexity index is 998. The van der Waals surface area contributed by atoms with Gasteiger partial charge in [-0.2, -0.15) is 19.5 Å². The van der Waals surface area contributed by atoms with E-state index in [9.17, 15) is 8.42 Å². The van der Waals surface area contributed by atoms with Gasteiger partial charge in [-0.25, -0.2) is 8.42 Å². The Morgan fingerprint density at radius 1 is 1.23 bits per heavy atom. The first kappa shape index (κ1) is 14.7. The van der Waals surface area contributed by atoms with Crippen molar-refractivity contribution in [3.8, 4) is 11.4 Å². The second kappa shape index (κ2) is 4.89. The number of aromatic nitrogens is 5. The van der Waals surface area contributed by atoms with Crippen molar-refractivity contribution in [2.75, 3.05) is 12.0 Å². The summed E-state index contributed by atoms with van der Waals surface area (Å²) in [6.45, 7) is 1.86. The van der Waals surface area contributed by atoms with Gasteiger partial charge >= 0.3 is 0 Å². The molecule has 0 aliphatic carbocycles. The van der Waals surface area contributed by atoms with E-state index in [1.54, 1.807) is 18.2 Å². The van der Waals surface area contributed by atoms with Crippen LogP contribution in [-0.4, -0.2) is 39.2 Å². The summed E-state index contributed by atoms with van der Waals surface area (Å²) in [6, 6.07) is 5.26. The van der Waals surface area contributed by atoms with Crippen LogP contribution in [0.2, 0.25) is 5.02 Å². The Morgan fingerprint density at radius 2 is 1.95 bits per heavy atom. The van der Waals surface area contributed by atoms with E-state index >= 15 is 0 Å². The molecule has 0 bridgehead atoms. The number of fused-ring (bicyclic) bond motifs is 1. The predicted octanol–water partition coefficient (Wildman–Crippen LogP) is 1.13. The minimum absolute atomic E-state index is 0.0669. The van der Waals surface area contributed by atoms with Crippen LogP contribution in [-0.2, 0) is 9.84 Å². The van der Waals surface area contributed by atoms with E-state index in [1.165, 1.54) is 4.52 Å². The minimum atomic E-state index is -3.59. The highest BCUT2D eigenvalue weighted by atomic mass is 35.5. The monoisotopic (exact) mass is 338 g/mol. The average Bonchev–Trinajstić information content (AvgIpc) is 2.81. The molecule has 0 spiro atoms. The van der Waals surface area contributed by atoms with Crippen LogP contribution in [0.15, 0.2) is 23.4 Å². The first-order valence-corrected chi connectivity index (χ1v) is 8.39. The standard InChI is InChI=1S/C12H11ClN6O2S/c1-6-5-7(13)3-4-8(6)9-15-11-17-12(22(2,20)21)16-10(14)19(11)18-9/h3-5H,1-2H3,(H2,14,15,16,17,18). The normalized spacial score (nSPS) is 12.0. The van der Waals surface area contributed by atoms with Gasteiger partial charge in [0.05, 0.1) is 0 Å². The number of sulfone groups is 1. The molecule has 3 aromatic rings. The van der Waals surface area contributed by atoms with Crippen LogP contribution in [0, 0.1) is 6.92 Å². The number of nitrogen functional groups attached to an aromatic ring is 1. The molecule has 2 aromatic heterocycles. The van der Waals surface area contributed by atoms with E-state index in [4.69, 9.17) is 17.3 Å². The van der Waals surface area contributed by atoms with E-state index in [1.807, 2.05) is 6.92 Å². The van der Waals surface area contributed by atoms with Crippen molar-refractivity contribution >= 4 is 33.2 Å². The summed E-state index contributed by atoms with van der Waals surface area (Å²) in [5, 5.41) is 4.43. The van der Waals surface area contributed by atoms with Crippen molar-refractivity contribution in [1.82, 2.24) is 24.6 Å². The summed E-state index contributed by atoms with van der Waals surface area (Å²) in [5.74, 6) is 0.328. The van der Waals surface area contributed by atoms with Crippen LogP contribution in [0.1, 0.15) is 5.56 Å².